The Morgan fingerprint density at radius 1 is 1.41 bits per heavy atom. The van der Waals surface area contributed by atoms with Crippen molar-refractivity contribution in [1.82, 2.24) is 18.8 Å². The molecule has 2 aromatic rings. The summed E-state index contributed by atoms with van der Waals surface area (Å²) in [7, 11) is 0.572. The minimum Gasteiger partial charge on any atom is -0.333 e. The smallest absolute Gasteiger partial charge is 0.252 e. The van der Waals surface area contributed by atoms with Crippen molar-refractivity contribution in [3.05, 3.63) is 35.7 Å². The lowest BCUT2D eigenvalue weighted by atomic mass is 10.1. The molecule has 0 unspecified atom stereocenters. The van der Waals surface area contributed by atoms with Crippen LogP contribution in [0.5, 0.6) is 0 Å². The highest BCUT2D eigenvalue weighted by Gasteiger charge is 2.32. The van der Waals surface area contributed by atoms with E-state index in [0.717, 1.165) is 18.9 Å². The molecule has 0 spiro atoms. The van der Waals surface area contributed by atoms with E-state index in [1.54, 1.807) is 28.0 Å². The molecule has 0 N–H and O–H groups in total. The molecule has 120 valence electrons. The van der Waals surface area contributed by atoms with Crippen LogP contribution in [0.2, 0.25) is 0 Å². The number of aromatic nitrogens is 2. The summed E-state index contributed by atoms with van der Waals surface area (Å²) in [6, 6.07) is 3.44. The van der Waals surface area contributed by atoms with Crippen LogP contribution in [0.4, 0.5) is 0 Å². The van der Waals surface area contributed by atoms with Gasteiger partial charge in [0.05, 0.1) is 6.54 Å². The van der Waals surface area contributed by atoms with Gasteiger partial charge in [-0.05, 0) is 25.5 Å². The SMILES string of the molecule is CN(C)C[C@H]1CN(S(=O)(=O)c2cccs2)Cc2nccn2C1. The lowest BCUT2D eigenvalue weighted by Crippen LogP contribution is -2.37. The van der Waals surface area contributed by atoms with Crippen LogP contribution in [-0.2, 0) is 23.1 Å². The number of hydrogen-bond acceptors (Lipinski definition) is 5. The molecule has 0 saturated carbocycles. The third kappa shape index (κ3) is 3.10. The summed E-state index contributed by atoms with van der Waals surface area (Å²) in [5.41, 5.74) is 0. The first kappa shape index (κ1) is 15.7. The zero-order chi connectivity index (χ0) is 15.7. The molecule has 6 nitrogen and oxygen atoms in total. The summed E-state index contributed by atoms with van der Waals surface area (Å²) in [5.74, 6) is 1.04. The van der Waals surface area contributed by atoms with Crippen molar-refractivity contribution < 1.29 is 8.42 Å². The van der Waals surface area contributed by atoms with Crippen LogP contribution >= 0.6 is 11.3 Å². The fourth-order valence-electron chi connectivity index (χ4n) is 2.86. The molecule has 3 heterocycles. The van der Waals surface area contributed by atoms with Gasteiger partial charge in [-0.3, -0.25) is 0 Å². The fraction of sp³-hybridized carbons (Fsp3) is 0.500. The fourth-order valence-corrected chi connectivity index (χ4v) is 5.47. The lowest BCUT2D eigenvalue weighted by molar-refractivity contribution is 0.265. The number of hydrogen-bond donors (Lipinski definition) is 0. The Bertz CT molecular complexity index is 722. The van der Waals surface area contributed by atoms with Gasteiger partial charge in [-0.25, -0.2) is 13.4 Å². The first-order chi connectivity index (χ1) is 10.5. The van der Waals surface area contributed by atoms with E-state index in [2.05, 4.69) is 14.5 Å². The predicted molar refractivity (Wildman–Crippen MR) is 86.2 cm³/mol. The first-order valence-electron chi connectivity index (χ1n) is 7.15. The van der Waals surface area contributed by atoms with E-state index in [4.69, 9.17) is 0 Å². The van der Waals surface area contributed by atoms with Gasteiger partial charge in [0, 0.05) is 37.9 Å². The monoisotopic (exact) mass is 340 g/mol. The normalized spacial score (nSPS) is 20.0. The number of sulfonamides is 1. The van der Waals surface area contributed by atoms with Crippen molar-refractivity contribution in [2.45, 2.75) is 17.3 Å². The predicted octanol–water partition coefficient (Wildman–Crippen LogP) is 1.33. The van der Waals surface area contributed by atoms with Crippen molar-refractivity contribution in [3.63, 3.8) is 0 Å². The van der Waals surface area contributed by atoms with E-state index < -0.39 is 10.0 Å². The Labute approximate surface area is 135 Å². The van der Waals surface area contributed by atoms with Gasteiger partial charge in [-0.15, -0.1) is 11.3 Å². The Hall–Kier alpha value is -1.22. The van der Waals surface area contributed by atoms with Crippen LogP contribution in [0, 0.1) is 5.92 Å². The van der Waals surface area contributed by atoms with Crippen LogP contribution < -0.4 is 0 Å². The molecule has 8 heteroatoms. The molecule has 1 atom stereocenters. The second-order valence-electron chi connectivity index (χ2n) is 5.85. The number of nitrogens with zero attached hydrogens (tertiary/aromatic N) is 4. The molecule has 0 aliphatic carbocycles. The highest BCUT2D eigenvalue weighted by Crippen LogP contribution is 2.26. The maximum atomic E-state index is 12.8. The summed E-state index contributed by atoms with van der Waals surface area (Å²) in [6.45, 7) is 2.48. The maximum absolute atomic E-state index is 12.8. The largest absolute Gasteiger partial charge is 0.333 e. The van der Waals surface area contributed by atoms with Crippen molar-refractivity contribution in [3.8, 4) is 0 Å². The molecule has 0 fully saturated rings. The average molecular weight is 340 g/mol. The molecule has 0 amide bonds. The molecule has 0 saturated heterocycles. The van der Waals surface area contributed by atoms with Gasteiger partial charge in [0.2, 0.25) is 0 Å². The van der Waals surface area contributed by atoms with Crippen molar-refractivity contribution >= 4 is 21.4 Å². The van der Waals surface area contributed by atoms with E-state index in [0.29, 0.717) is 17.3 Å². The third-order valence-electron chi connectivity index (χ3n) is 3.75. The maximum Gasteiger partial charge on any atom is 0.252 e. The highest BCUT2D eigenvalue weighted by atomic mass is 32.2. The van der Waals surface area contributed by atoms with Crippen LogP contribution in [0.25, 0.3) is 0 Å². The Kier molecular flexibility index (Phi) is 4.35. The Morgan fingerprint density at radius 2 is 2.23 bits per heavy atom. The second-order valence-corrected chi connectivity index (χ2v) is 8.97. The zero-order valence-corrected chi connectivity index (χ0v) is 14.3. The first-order valence-corrected chi connectivity index (χ1v) is 9.47. The van der Waals surface area contributed by atoms with Crippen molar-refractivity contribution in [2.75, 3.05) is 27.2 Å². The summed E-state index contributed by atoms with van der Waals surface area (Å²) in [5, 5.41) is 1.79. The highest BCUT2D eigenvalue weighted by molar-refractivity contribution is 7.91. The number of imidazole rings is 1. The van der Waals surface area contributed by atoms with E-state index in [9.17, 15) is 8.42 Å². The van der Waals surface area contributed by atoms with Gasteiger partial charge >= 0.3 is 0 Å². The van der Waals surface area contributed by atoms with Gasteiger partial charge in [-0.1, -0.05) is 6.07 Å². The van der Waals surface area contributed by atoms with Crippen LogP contribution in [0.3, 0.4) is 0 Å². The van der Waals surface area contributed by atoms with E-state index in [1.165, 1.54) is 11.3 Å². The molecular formula is C14H20N4O2S2. The third-order valence-corrected chi connectivity index (χ3v) is 6.93. The van der Waals surface area contributed by atoms with Gasteiger partial charge in [0.1, 0.15) is 10.0 Å². The van der Waals surface area contributed by atoms with Gasteiger partial charge < -0.3 is 9.47 Å². The molecular weight excluding hydrogens is 320 g/mol. The zero-order valence-electron chi connectivity index (χ0n) is 12.7. The van der Waals surface area contributed by atoms with Gasteiger partial charge in [-0.2, -0.15) is 4.31 Å². The number of fused-ring (bicyclic) bond motifs is 1. The quantitative estimate of drug-likeness (QED) is 0.842. The minimum atomic E-state index is -3.45. The summed E-state index contributed by atoms with van der Waals surface area (Å²) >= 11 is 1.26. The van der Waals surface area contributed by atoms with Crippen molar-refractivity contribution in [1.29, 1.82) is 0 Å². The molecule has 22 heavy (non-hydrogen) atoms. The van der Waals surface area contributed by atoms with Crippen LogP contribution in [0.1, 0.15) is 5.82 Å². The lowest BCUT2D eigenvalue weighted by Gasteiger charge is -2.24. The minimum absolute atomic E-state index is 0.236. The molecule has 2 aromatic heterocycles. The molecule has 0 bridgehead atoms. The van der Waals surface area contributed by atoms with Crippen LogP contribution in [0.15, 0.2) is 34.1 Å². The topological polar surface area (TPSA) is 58.4 Å². The molecule has 1 aliphatic rings. The Morgan fingerprint density at radius 3 is 2.91 bits per heavy atom. The van der Waals surface area contributed by atoms with Gasteiger partial charge in [0.25, 0.3) is 10.0 Å². The van der Waals surface area contributed by atoms with E-state index >= 15 is 0 Å². The summed E-state index contributed by atoms with van der Waals surface area (Å²) in [6.07, 6.45) is 3.67. The molecule has 0 aromatic carbocycles. The molecule has 3 rings (SSSR count). The number of rotatable bonds is 4. The van der Waals surface area contributed by atoms with Crippen molar-refractivity contribution in [2.24, 2.45) is 5.92 Å². The summed E-state index contributed by atoms with van der Waals surface area (Å²) in [4.78, 5) is 6.42. The second kappa shape index (κ2) is 6.11. The Balaban J connectivity index is 1.93. The molecule has 0 radical (unpaired) electrons. The average Bonchev–Trinajstić information content (AvgIpc) is 3.07. The standard InChI is InChI=1S/C14H20N4O2S2/c1-16(2)8-12-9-17-6-5-15-13(17)11-18(10-12)22(19,20)14-4-3-7-21-14/h3-7,12H,8-11H2,1-2H3/t12-/m1/s1. The van der Waals surface area contributed by atoms with Gasteiger partial charge in [0.15, 0.2) is 0 Å². The number of thiophene rings is 1. The van der Waals surface area contributed by atoms with Crippen LogP contribution in [-0.4, -0.2) is 54.4 Å². The van der Waals surface area contributed by atoms with E-state index in [1.807, 2.05) is 20.3 Å². The molecule has 1 aliphatic heterocycles. The summed E-state index contributed by atoms with van der Waals surface area (Å²) < 4.78 is 29.7. The van der Waals surface area contributed by atoms with E-state index in [-0.39, 0.29) is 5.92 Å².